The second-order valence-electron chi connectivity index (χ2n) is 8.20. The number of nitrogens with zero attached hydrogens (tertiary/aromatic N) is 3. The molecule has 0 aliphatic rings. The lowest BCUT2D eigenvalue weighted by Crippen LogP contribution is -2.34. The first-order valence-electron chi connectivity index (χ1n) is 11.4. The lowest BCUT2D eigenvalue weighted by Gasteiger charge is -2.25. The average Bonchev–Trinajstić information content (AvgIpc) is 2.87. The van der Waals surface area contributed by atoms with Gasteiger partial charge in [-0.25, -0.2) is 8.42 Å². The summed E-state index contributed by atoms with van der Waals surface area (Å²) in [5.74, 6) is 0.829. The van der Waals surface area contributed by atoms with Gasteiger partial charge >= 0.3 is 0 Å². The van der Waals surface area contributed by atoms with Gasteiger partial charge < -0.3 is 9.84 Å². The summed E-state index contributed by atoms with van der Waals surface area (Å²) in [5, 5.41) is 10.4. The molecule has 0 saturated carbocycles. The minimum Gasteiger partial charge on any atom is -0.492 e. The van der Waals surface area contributed by atoms with Crippen molar-refractivity contribution in [3.8, 4) is 5.75 Å². The Labute approximate surface area is 206 Å². The Kier molecular flexibility index (Phi) is 7.97. The number of pyridine rings is 1. The third-order valence-electron chi connectivity index (χ3n) is 5.60. The van der Waals surface area contributed by atoms with E-state index in [0.29, 0.717) is 30.9 Å². The van der Waals surface area contributed by atoms with E-state index in [1.807, 2.05) is 67.7 Å². The molecule has 1 N–H and O–H groups in total. The van der Waals surface area contributed by atoms with Gasteiger partial charge in [0.25, 0.3) is 10.0 Å². The number of anilines is 1. The SMILES string of the molecule is CN(CCOc1ccccc1)Cc1cccc(N(CCO)S(=O)(=O)c2cccc3cccnc23)c1. The molecule has 7 nitrogen and oxygen atoms in total. The predicted molar refractivity (Wildman–Crippen MR) is 138 cm³/mol. The second-order valence-corrected chi connectivity index (χ2v) is 10.0. The number of hydrogen-bond acceptors (Lipinski definition) is 6. The van der Waals surface area contributed by atoms with Gasteiger partial charge in [0.05, 0.1) is 24.4 Å². The third kappa shape index (κ3) is 5.97. The van der Waals surface area contributed by atoms with Crippen molar-refractivity contribution < 1.29 is 18.3 Å². The standard InChI is InChI=1S/C27H29N3O4S/c1-29(17-19-34-25-12-3-2-4-13-25)21-22-8-5-11-24(20-22)30(16-18-31)35(32,33)26-14-6-9-23-10-7-15-28-27(23)26/h2-15,20,31H,16-19,21H2,1H3. The molecule has 0 aliphatic heterocycles. The van der Waals surface area contributed by atoms with Crippen molar-refractivity contribution in [1.82, 2.24) is 9.88 Å². The number of likely N-dealkylation sites (N-methyl/N-ethyl adjacent to an activating group) is 1. The molecule has 0 atom stereocenters. The Bertz CT molecular complexity index is 1360. The molecule has 0 fully saturated rings. The normalized spacial score (nSPS) is 11.6. The number of aliphatic hydroxyl groups is 1. The van der Waals surface area contributed by atoms with Gasteiger partial charge in [-0.05, 0) is 49.0 Å². The van der Waals surface area contributed by atoms with Crippen LogP contribution in [0, 0.1) is 0 Å². The fraction of sp³-hybridized carbons (Fsp3) is 0.222. The van der Waals surface area contributed by atoms with Crippen LogP contribution in [-0.2, 0) is 16.6 Å². The Morgan fingerprint density at radius 2 is 1.69 bits per heavy atom. The van der Waals surface area contributed by atoms with Crippen LogP contribution in [0.25, 0.3) is 10.9 Å². The Morgan fingerprint density at radius 3 is 2.49 bits per heavy atom. The lowest BCUT2D eigenvalue weighted by atomic mass is 10.2. The maximum absolute atomic E-state index is 13.7. The molecular weight excluding hydrogens is 462 g/mol. The molecular formula is C27H29N3O4S. The number of hydrogen-bond donors (Lipinski definition) is 1. The molecule has 4 rings (SSSR count). The zero-order chi connectivity index (χ0) is 24.7. The summed E-state index contributed by atoms with van der Waals surface area (Å²) in [6.45, 7) is 1.50. The Balaban J connectivity index is 1.52. The van der Waals surface area contributed by atoms with E-state index < -0.39 is 10.0 Å². The summed E-state index contributed by atoms with van der Waals surface area (Å²) in [6.07, 6.45) is 1.58. The number of fused-ring (bicyclic) bond motifs is 1. The lowest BCUT2D eigenvalue weighted by molar-refractivity contribution is 0.233. The highest BCUT2D eigenvalue weighted by Crippen LogP contribution is 2.28. The van der Waals surface area contributed by atoms with Gasteiger partial charge in [-0.3, -0.25) is 14.2 Å². The molecule has 35 heavy (non-hydrogen) atoms. The maximum atomic E-state index is 13.7. The van der Waals surface area contributed by atoms with Crippen molar-refractivity contribution in [2.24, 2.45) is 0 Å². The van der Waals surface area contributed by atoms with Crippen molar-refractivity contribution in [2.75, 3.05) is 37.7 Å². The monoisotopic (exact) mass is 491 g/mol. The average molecular weight is 492 g/mol. The summed E-state index contributed by atoms with van der Waals surface area (Å²) >= 11 is 0. The van der Waals surface area contributed by atoms with Crippen LogP contribution in [0.15, 0.2) is 96.0 Å². The largest absolute Gasteiger partial charge is 0.492 e. The van der Waals surface area contributed by atoms with Crippen molar-refractivity contribution in [2.45, 2.75) is 11.4 Å². The number of sulfonamides is 1. The third-order valence-corrected chi connectivity index (χ3v) is 7.46. The highest BCUT2D eigenvalue weighted by Gasteiger charge is 2.27. The van der Waals surface area contributed by atoms with Crippen LogP contribution in [0.3, 0.4) is 0 Å². The molecule has 0 saturated heterocycles. The van der Waals surface area contributed by atoms with Crippen LogP contribution in [0.5, 0.6) is 5.75 Å². The van der Waals surface area contributed by atoms with Crippen LogP contribution in [0.4, 0.5) is 5.69 Å². The van der Waals surface area contributed by atoms with Crippen molar-refractivity contribution in [3.05, 3.63) is 96.7 Å². The molecule has 0 spiro atoms. The van der Waals surface area contributed by atoms with Gasteiger partial charge in [0.1, 0.15) is 17.3 Å². The molecule has 0 unspecified atom stereocenters. The summed E-state index contributed by atoms with van der Waals surface area (Å²) in [7, 11) is -1.96. The summed E-state index contributed by atoms with van der Waals surface area (Å²) < 4.78 is 34.4. The van der Waals surface area contributed by atoms with Gasteiger partial charge in [-0.15, -0.1) is 0 Å². The molecule has 0 amide bonds. The van der Waals surface area contributed by atoms with Crippen LogP contribution in [0.2, 0.25) is 0 Å². The van der Waals surface area contributed by atoms with E-state index >= 15 is 0 Å². The number of aliphatic hydroxyl groups excluding tert-OH is 1. The molecule has 182 valence electrons. The predicted octanol–water partition coefficient (Wildman–Crippen LogP) is 3.93. The number of para-hydroxylation sites is 2. The van der Waals surface area contributed by atoms with E-state index in [1.54, 1.807) is 30.5 Å². The van der Waals surface area contributed by atoms with Gasteiger partial charge in [0.15, 0.2) is 0 Å². The molecule has 0 radical (unpaired) electrons. The van der Waals surface area contributed by atoms with Gasteiger partial charge in [0, 0.05) is 24.7 Å². The maximum Gasteiger partial charge on any atom is 0.266 e. The summed E-state index contributed by atoms with van der Waals surface area (Å²) in [6, 6.07) is 25.7. The van der Waals surface area contributed by atoms with E-state index in [9.17, 15) is 13.5 Å². The smallest absolute Gasteiger partial charge is 0.266 e. The quantitative estimate of drug-likeness (QED) is 0.342. The van der Waals surface area contributed by atoms with Crippen molar-refractivity contribution in [3.63, 3.8) is 0 Å². The zero-order valence-electron chi connectivity index (χ0n) is 19.6. The van der Waals surface area contributed by atoms with Crippen LogP contribution >= 0.6 is 0 Å². The highest BCUT2D eigenvalue weighted by atomic mass is 32.2. The molecule has 4 aromatic rings. The molecule has 0 bridgehead atoms. The topological polar surface area (TPSA) is 83.0 Å². The fourth-order valence-electron chi connectivity index (χ4n) is 3.92. The Hall–Kier alpha value is -3.46. The number of aromatic nitrogens is 1. The van der Waals surface area contributed by atoms with Gasteiger partial charge in [-0.1, -0.05) is 48.5 Å². The number of rotatable bonds is 11. The van der Waals surface area contributed by atoms with Crippen LogP contribution in [0.1, 0.15) is 5.56 Å². The summed E-state index contributed by atoms with van der Waals surface area (Å²) in [5.41, 5.74) is 1.87. The molecule has 3 aromatic carbocycles. The van der Waals surface area contributed by atoms with E-state index in [1.165, 1.54) is 4.31 Å². The van der Waals surface area contributed by atoms with Crippen molar-refractivity contribution in [1.29, 1.82) is 0 Å². The molecule has 0 aliphatic carbocycles. The molecule has 8 heteroatoms. The first kappa shape index (κ1) is 24.7. The summed E-state index contributed by atoms with van der Waals surface area (Å²) in [4.78, 5) is 6.53. The molecule has 1 aromatic heterocycles. The fourth-order valence-corrected chi connectivity index (χ4v) is 5.53. The molecule has 1 heterocycles. The van der Waals surface area contributed by atoms with Gasteiger partial charge in [0.2, 0.25) is 0 Å². The van der Waals surface area contributed by atoms with Gasteiger partial charge in [-0.2, -0.15) is 0 Å². The van der Waals surface area contributed by atoms with E-state index in [0.717, 1.165) is 16.7 Å². The highest BCUT2D eigenvalue weighted by molar-refractivity contribution is 7.93. The zero-order valence-corrected chi connectivity index (χ0v) is 20.4. The Morgan fingerprint density at radius 1 is 0.914 bits per heavy atom. The minimum absolute atomic E-state index is 0.0598. The van der Waals surface area contributed by atoms with E-state index in [-0.39, 0.29) is 18.0 Å². The first-order valence-corrected chi connectivity index (χ1v) is 12.9. The second kappa shape index (κ2) is 11.3. The first-order chi connectivity index (χ1) is 17.0. The van der Waals surface area contributed by atoms with Crippen molar-refractivity contribution >= 4 is 26.6 Å². The minimum atomic E-state index is -3.96. The van der Waals surface area contributed by atoms with E-state index in [4.69, 9.17) is 4.74 Å². The van der Waals surface area contributed by atoms with E-state index in [2.05, 4.69) is 9.88 Å². The number of ether oxygens (including phenoxy) is 1. The van der Waals surface area contributed by atoms with Crippen LogP contribution in [-0.4, -0.2) is 56.8 Å². The van der Waals surface area contributed by atoms with Crippen LogP contribution < -0.4 is 9.04 Å². The number of benzene rings is 3.